The van der Waals surface area contributed by atoms with E-state index in [1.807, 2.05) is 0 Å². The molecular formula is C18H29ClN2O2. The molecule has 130 valence electrons. The van der Waals surface area contributed by atoms with Crippen LogP contribution in [0.4, 0.5) is 0 Å². The molecule has 1 atom stereocenters. The minimum Gasteiger partial charge on any atom is -0.383 e. The third-order valence-electron chi connectivity index (χ3n) is 4.81. The number of amides is 1. The van der Waals surface area contributed by atoms with Gasteiger partial charge in [-0.15, -0.1) is 12.4 Å². The average Bonchev–Trinajstić information content (AvgIpc) is 2.54. The summed E-state index contributed by atoms with van der Waals surface area (Å²) in [6.07, 6.45) is 5.96. The largest absolute Gasteiger partial charge is 0.383 e. The van der Waals surface area contributed by atoms with Gasteiger partial charge in [-0.1, -0.05) is 43.5 Å². The molecule has 1 amide bonds. The van der Waals surface area contributed by atoms with Crippen LogP contribution in [-0.2, 0) is 14.9 Å². The molecule has 1 aromatic rings. The number of rotatable bonds is 6. The smallest absolute Gasteiger partial charge is 0.239 e. The fourth-order valence-electron chi connectivity index (χ4n) is 3.58. The minimum absolute atomic E-state index is 0. The molecule has 4 nitrogen and oxygen atoms in total. The van der Waals surface area contributed by atoms with E-state index in [0.717, 1.165) is 12.8 Å². The summed E-state index contributed by atoms with van der Waals surface area (Å²) in [4.78, 5) is 12.1. The van der Waals surface area contributed by atoms with Gasteiger partial charge in [0.25, 0.3) is 0 Å². The quantitative estimate of drug-likeness (QED) is 0.836. The Labute approximate surface area is 145 Å². The van der Waals surface area contributed by atoms with Crippen LogP contribution in [0.2, 0.25) is 0 Å². The molecule has 0 heterocycles. The van der Waals surface area contributed by atoms with E-state index in [0.29, 0.717) is 6.54 Å². The van der Waals surface area contributed by atoms with Gasteiger partial charge in [-0.25, -0.2) is 0 Å². The number of halogens is 1. The number of carbonyl (C=O) groups excluding carboxylic acids is 1. The van der Waals surface area contributed by atoms with Gasteiger partial charge in [-0.3, -0.25) is 4.79 Å². The van der Waals surface area contributed by atoms with Crippen molar-refractivity contribution in [2.24, 2.45) is 5.73 Å². The molecule has 1 aliphatic carbocycles. The van der Waals surface area contributed by atoms with E-state index in [1.54, 1.807) is 7.11 Å². The topological polar surface area (TPSA) is 64.3 Å². The van der Waals surface area contributed by atoms with Gasteiger partial charge in [0.2, 0.25) is 5.91 Å². The van der Waals surface area contributed by atoms with E-state index in [-0.39, 0.29) is 30.3 Å². The number of aryl methyl sites for hydroxylation is 1. The van der Waals surface area contributed by atoms with E-state index in [9.17, 15) is 4.79 Å². The first-order valence-corrected chi connectivity index (χ1v) is 8.17. The van der Waals surface area contributed by atoms with Crippen molar-refractivity contribution in [1.82, 2.24) is 5.32 Å². The molecule has 3 N–H and O–H groups in total. The Morgan fingerprint density at radius 3 is 2.57 bits per heavy atom. The van der Waals surface area contributed by atoms with Crippen molar-refractivity contribution < 1.29 is 9.53 Å². The second-order valence-corrected chi connectivity index (χ2v) is 6.44. The summed E-state index contributed by atoms with van der Waals surface area (Å²) < 4.78 is 4.96. The van der Waals surface area contributed by atoms with Gasteiger partial charge in [-0.2, -0.15) is 0 Å². The molecule has 5 heteroatoms. The van der Waals surface area contributed by atoms with Gasteiger partial charge in [0.15, 0.2) is 0 Å². The molecule has 2 rings (SSSR count). The highest BCUT2D eigenvalue weighted by Crippen LogP contribution is 2.40. The minimum atomic E-state index is -0.595. The molecule has 1 unspecified atom stereocenters. The predicted molar refractivity (Wildman–Crippen MR) is 96.1 cm³/mol. The van der Waals surface area contributed by atoms with Crippen molar-refractivity contribution in [3.05, 3.63) is 35.4 Å². The fraction of sp³-hybridized carbons (Fsp3) is 0.611. The highest BCUT2D eigenvalue weighted by Gasteiger charge is 2.35. The molecule has 23 heavy (non-hydrogen) atoms. The fourth-order valence-corrected chi connectivity index (χ4v) is 3.58. The highest BCUT2D eigenvalue weighted by molar-refractivity contribution is 5.85. The molecule has 0 spiro atoms. The normalized spacial score (nSPS) is 17.9. The Bertz CT molecular complexity index is 502. The lowest BCUT2D eigenvalue weighted by Gasteiger charge is -2.39. The van der Waals surface area contributed by atoms with E-state index < -0.39 is 6.04 Å². The van der Waals surface area contributed by atoms with Crippen LogP contribution in [0.25, 0.3) is 0 Å². The standard InChI is InChI=1S/C18H28N2O2.ClH/c1-14-8-4-5-9-15(14)18(10-6-3-7-11-18)13-20-17(21)16(19)12-22-2;/h4-5,8-9,16H,3,6-7,10-13,19H2,1-2H3,(H,20,21);1H. The molecular weight excluding hydrogens is 312 g/mol. The van der Waals surface area contributed by atoms with Gasteiger partial charge in [0.05, 0.1) is 6.61 Å². The van der Waals surface area contributed by atoms with Crippen molar-refractivity contribution in [2.45, 2.75) is 50.5 Å². The average molecular weight is 341 g/mol. The summed E-state index contributed by atoms with van der Waals surface area (Å²) in [5.74, 6) is -0.125. The van der Waals surface area contributed by atoms with Crippen LogP contribution in [0.5, 0.6) is 0 Å². The summed E-state index contributed by atoms with van der Waals surface area (Å²) in [6.45, 7) is 3.07. The van der Waals surface area contributed by atoms with Crippen LogP contribution < -0.4 is 11.1 Å². The Kier molecular flexibility index (Phi) is 8.03. The lowest BCUT2D eigenvalue weighted by molar-refractivity contribution is -0.123. The lowest BCUT2D eigenvalue weighted by atomic mass is 9.68. The zero-order valence-electron chi connectivity index (χ0n) is 14.1. The number of methoxy groups -OCH3 is 1. The maximum absolute atomic E-state index is 12.1. The molecule has 0 aromatic heterocycles. The lowest BCUT2D eigenvalue weighted by Crippen LogP contribution is -2.49. The number of benzene rings is 1. The SMILES string of the molecule is COCC(N)C(=O)NCC1(c2ccccc2C)CCCCC1.Cl. The van der Waals surface area contributed by atoms with Crippen LogP contribution in [0, 0.1) is 6.92 Å². The summed E-state index contributed by atoms with van der Waals surface area (Å²) in [7, 11) is 1.56. The number of ether oxygens (including phenoxy) is 1. The van der Waals surface area contributed by atoms with Crippen molar-refractivity contribution in [3.8, 4) is 0 Å². The van der Waals surface area contributed by atoms with Crippen molar-refractivity contribution in [1.29, 1.82) is 0 Å². The van der Waals surface area contributed by atoms with Gasteiger partial charge >= 0.3 is 0 Å². The summed E-state index contributed by atoms with van der Waals surface area (Å²) in [5, 5.41) is 3.06. The van der Waals surface area contributed by atoms with Crippen molar-refractivity contribution >= 4 is 18.3 Å². The van der Waals surface area contributed by atoms with Crippen molar-refractivity contribution in [2.75, 3.05) is 20.3 Å². The second-order valence-electron chi connectivity index (χ2n) is 6.44. The molecule has 1 saturated carbocycles. The molecule has 0 aliphatic heterocycles. The van der Waals surface area contributed by atoms with Crippen LogP contribution in [0.15, 0.2) is 24.3 Å². The van der Waals surface area contributed by atoms with Gasteiger partial charge in [0.1, 0.15) is 6.04 Å². The van der Waals surface area contributed by atoms with Gasteiger partial charge in [0, 0.05) is 19.1 Å². The first-order valence-electron chi connectivity index (χ1n) is 8.17. The Balaban J connectivity index is 0.00000264. The number of hydrogen-bond donors (Lipinski definition) is 2. The highest BCUT2D eigenvalue weighted by atomic mass is 35.5. The predicted octanol–water partition coefficient (Wildman–Crippen LogP) is 2.71. The Morgan fingerprint density at radius 2 is 1.96 bits per heavy atom. The van der Waals surface area contributed by atoms with Crippen molar-refractivity contribution in [3.63, 3.8) is 0 Å². The molecule has 0 radical (unpaired) electrons. The van der Waals surface area contributed by atoms with E-state index >= 15 is 0 Å². The van der Waals surface area contributed by atoms with E-state index in [2.05, 4.69) is 36.5 Å². The van der Waals surface area contributed by atoms with Crippen LogP contribution >= 0.6 is 12.4 Å². The van der Waals surface area contributed by atoms with Gasteiger partial charge < -0.3 is 15.8 Å². The third-order valence-corrected chi connectivity index (χ3v) is 4.81. The molecule has 1 aromatic carbocycles. The number of carbonyl (C=O) groups is 1. The number of nitrogens with two attached hydrogens (primary N) is 1. The maximum Gasteiger partial charge on any atom is 0.239 e. The number of nitrogens with one attached hydrogen (secondary N) is 1. The van der Waals surface area contributed by atoms with E-state index in [4.69, 9.17) is 10.5 Å². The third kappa shape index (κ3) is 4.93. The molecule has 1 fully saturated rings. The monoisotopic (exact) mass is 340 g/mol. The zero-order valence-corrected chi connectivity index (χ0v) is 15.0. The van der Waals surface area contributed by atoms with E-state index in [1.165, 1.54) is 30.4 Å². The molecule has 1 aliphatic rings. The summed E-state index contributed by atoms with van der Waals surface area (Å²) >= 11 is 0. The maximum atomic E-state index is 12.1. The van der Waals surface area contributed by atoms with Crippen LogP contribution in [-0.4, -0.2) is 32.2 Å². The first kappa shape index (κ1) is 19.9. The summed E-state index contributed by atoms with van der Waals surface area (Å²) in [5.41, 5.74) is 8.54. The van der Waals surface area contributed by atoms with Crippen LogP contribution in [0.1, 0.15) is 43.2 Å². The van der Waals surface area contributed by atoms with Crippen LogP contribution in [0.3, 0.4) is 0 Å². The number of hydrogen-bond acceptors (Lipinski definition) is 3. The van der Waals surface area contributed by atoms with Gasteiger partial charge in [-0.05, 0) is 30.9 Å². The Morgan fingerprint density at radius 1 is 1.30 bits per heavy atom. The molecule has 0 saturated heterocycles. The Hall–Kier alpha value is -1.10. The second kappa shape index (κ2) is 9.26. The molecule has 0 bridgehead atoms. The summed E-state index contributed by atoms with van der Waals surface area (Å²) in [6, 6.07) is 7.94. The first-order chi connectivity index (χ1) is 10.6. The zero-order chi connectivity index (χ0) is 16.0.